The average molecular weight is 519 g/mol. The average Bonchev–Trinajstić information content (AvgIpc) is 2.55. The van der Waals surface area contributed by atoms with Crippen LogP contribution in [0.5, 0.6) is 0 Å². The zero-order chi connectivity index (χ0) is 18.4. The maximum absolute atomic E-state index is 7.32. The molecule has 0 spiro atoms. The third-order valence-corrected chi connectivity index (χ3v) is 3.94. The van der Waals surface area contributed by atoms with Crippen LogP contribution in [0.15, 0.2) is 0 Å². The third-order valence-electron chi connectivity index (χ3n) is 3.94. The zero-order valence-corrected chi connectivity index (χ0v) is 21.4. The van der Waals surface area contributed by atoms with Gasteiger partial charge in [0.15, 0.2) is 0 Å². The predicted octanol–water partition coefficient (Wildman–Crippen LogP) is -0.108. The molecule has 0 heterocycles. The van der Waals surface area contributed by atoms with Crippen molar-refractivity contribution in [2.45, 2.75) is 92.9 Å². The van der Waals surface area contributed by atoms with E-state index < -0.39 is 0 Å². The summed E-state index contributed by atoms with van der Waals surface area (Å²) in [6.45, 7) is 17.9. The molecule has 0 amide bonds. The minimum Gasteiger partial charge on any atom is -1.00 e. The van der Waals surface area contributed by atoms with E-state index in [4.69, 9.17) is 10.5 Å². The van der Waals surface area contributed by atoms with Crippen molar-refractivity contribution < 1.29 is 55.2 Å². The number of halogens is 2. The van der Waals surface area contributed by atoms with E-state index in [0.717, 1.165) is 0 Å². The number of nitriles is 2. The van der Waals surface area contributed by atoms with Crippen molar-refractivity contribution in [3.63, 3.8) is 0 Å². The molecule has 0 fully saturated rings. The van der Waals surface area contributed by atoms with Gasteiger partial charge in [-0.1, -0.05) is 53.4 Å². The Bertz CT molecular complexity index is 259. The number of hydrogen-bond acceptors (Lipinski definition) is 3. The van der Waals surface area contributed by atoms with Crippen molar-refractivity contribution in [3.05, 3.63) is 0 Å². The van der Waals surface area contributed by atoms with Crippen LogP contribution in [-0.2, 0) is 20.4 Å². The minimum absolute atomic E-state index is 0. The van der Waals surface area contributed by atoms with Crippen LogP contribution >= 0.6 is 0 Å². The summed E-state index contributed by atoms with van der Waals surface area (Å²) in [6.07, 6.45) is 11.1. The largest absolute Gasteiger partial charge is 2.00 e. The Balaban J connectivity index is -0.0000000707. The van der Waals surface area contributed by atoms with Crippen molar-refractivity contribution in [2.75, 3.05) is 26.2 Å². The molecule has 0 saturated heterocycles. The second kappa shape index (κ2) is 40.7. The molecule has 0 aliphatic carbocycles. The quantitative estimate of drug-likeness (QED) is 0.267. The standard InChI is InChI=1S/C16H36N.2C2H3N.2ClH.H2O.Pd/c1-5-9-13-17(14-10-6-2,15-11-7-3)16-12-8-4;2*1-2-3;;;;/h5-16H2,1-4H3;2*1H3;2*1H;1H2;/q+1;;;;;;+2/p-3. The molecular weight excluding hydrogens is 476 g/mol. The normalized spacial score (nSPS) is 8.15. The van der Waals surface area contributed by atoms with Crippen LogP contribution in [0.1, 0.15) is 92.9 Å². The Hall–Kier alpha value is 0.142. The summed E-state index contributed by atoms with van der Waals surface area (Å²) in [6, 6.07) is 3.50. The summed E-state index contributed by atoms with van der Waals surface area (Å²) in [5, 5.41) is 14.6. The van der Waals surface area contributed by atoms with Crippen molar-refractivity contribution in [1.29, 1.82) is 10.5 Å². The van der Waals surface area contributed by atoms with Crippen molar-refractivity contribution in [2.24, 2.45) is 0 Å². The number of quaternary nitrogens is 1. The molecule has 0 bridgehead atoms. The molecule has 0 aromatic rings. The molecule has 0 aliphatic heterocycles. The van der Waals surface area contributed by atoms with Crippen LogP contribution in [0.25, 0.3) is 0 Å². The zero-order valence-electron chi connectivity index (χ0n) is 18.3. The van der Waals surface area contributed by atoms with Crippen LogP contribution < -0.4 is 24.8 Å². The molecule has 0 rings (SSSR count). The van der Waals surface area contributed by atoms with Crippen molar-refractivity contribution in [1.82, 2.24) is 0 Å². The number of hydrogen-bond donors (Lipinski definition) is 0. The third kappa shape index (κ3) is 37.6. The van der Waals surface area contributed by atoms with Gasteiger partial charge in [0.05, 0.1) is 38.3 Å². The summed E-state index contributed by atoms with van der Waals surface area (Å²) in [4.78, 5) is 0. The van der Waals surface area contributed by atoms with Gasteiger partial charge >= 0.3 is 20.4 Å². The molecule has 0 aromatic heterocycles. The van der Waals surface area contributed by atoms with Gasteiger partial charge in [0, 0.05) is 13.8 Å². The molecule has 4 nitrogen and oxygen atoms in total. The van der Waals surface area contributed by atoms with Crippen LogP contribution in [0.4, 0.5) is 0 Å². The molecule has 27 heavy (non-hydrogen) atoms. The number of rotatable bonds is 12. The van der Waals surface area contributed by atoms with E-state index in [0.29, 0.717) is 0 Å². The molecule has 0 radical (unpaired) electrons. The molecule has 0 aliphatic rings. The Labute approximate surface area is 196 Å². The predicted molar refractivity (Wildman–Crippen MR) is 104 cm³/mol. The fraction of sp³-hybridized carbons (Fsp3) is 0.900. The first kappa shape index (κ1) is 45.7. The Morgan fingerprint density at radius 3 is 0.852 bits per heavy atom. The van der Waals surface area contributed by atoms with Crippen molar-refractivity contribution in [3.8, 4) is 12.1 Å². The first-order chi connectivity index (χ1) is 11.1. The summed E-state index contributed by atoms with van der Waals surface area (Å²) >= 11 is 0. The molecule has 1 N–H and O–H groups in total. The molecule has 7 heteroatoms. The van der Waals surface area contributed by atoms with E-state index in [9.17, 15) is 0 Å². The first-order valence-electron chi connectivity index (χ1n) is 9.54. The van der Waals surface area contributed by atoms with Gasteiger partial charge in [0.1, 0.15) is 0 Å². The fourth-order valence-electron chi connectivity index (χ4n) is 2.64. The number of nitrogens with zero attached hydrogens (tertiary/aromatic N) is 3. The molecule has 0 aromatic carbocycles. The summed E-state index contributed by atoms with van der Waals surface area (Å²) in [7, 11) is 0. The maximum Gasteiger partial charge on any atom is 2.00 e. The van der Waals surface area contributed by atoms with E-state index in [-0.39, 0.29) is 50.7 Å². The van der Waals surface area contributed by atoms with Crippen LogP contribution in [0, 0.1) is 22.7 Å². The Morgan fingerprint density at radius 1 is 0.593 bits per heavy atom. The molecule has 0 saturated carbocycles. The van der Waals surface area contributed by atoms with Crippen LogP contribution in [-0.4, -0.2) is 36.1 Å². The van der Waals surface area contributed by atoms with E-state index in [1.54, 1.807) is 12.1 Å². The van der Waals surface area contributed by atoms with Gasteiger partial charge in [0.2, 0.25) is 0 Å². The van der Waals surface area contributed by atoms with E-state index >= 15 is 0 Å². The smallest absolute Gasteiger partial charge is 1.00 e. The Morgan fingerprint density at radius 2 is 0.741 bits per heavy atom. The van der Waals surface area contributed by atoms with Gasteiger partial charge in [-0.25, -0.2) is 0 Å². The van der Waals surface area contributed by atoms with Gasteiger partial charge in [-0.15, -0.1) is 0 Å². The van der Waals surface area contributed by atoms with Crippen LogP contribution in [0.2, 0.25) is 0 Å². The monoisotopic (exact) mass is 517 g/mol. The van der Waals surface area contributed by atoms with Gasteiger partial charge < -0.3 is 34.8 Å². The second-order valence-corrected chi connectivity index (χ2v) is 6.10. The summed E-state index contributed by atoms with van der Waals surface area (Å²) < 4.78 is 1.42. The SMILES string of the molecule is CC#N.CC#N.CCCC[N+](CCCC)(CCCC)CCCC.[Cl-].[Cl-].[OH-].[Pd+2]. The summed E-state index contributed by atoms with van der Waals surface area (Å²) in [5.41, 5.74) is 0. The van der Waals surface area contributed by atoms with Gasteiger partial charge in [-0.3, -0.25) is 0 Å². The van der Waals surface area contributed by atoms with Crippen LogP contribution in [0.3, 0.4) is 0 Å². The van der Waals surface area contributed by atoms with E-state index in [1.165, 1.54) is 95.9 Å². The van der Waals surface area contributed by atoms with Gasteiger partial charge in [0.25, 0.3) is 0 Å². The van der Waals surface area contributed by atoms with E-state index in [2.05, 4.69) is 27.7 Å². The molecule has 168 valence electrons. The molecular formula is C20H43Cl2N3OPd. The molecule has 0 unspecified atom stereocenters. The summed E-state index contributed by atoms with van der Waals surface area (Å²) in [5.74, 6) is 0. The first-order valence-corrected chi connectivity index (χ1v) is 9.54. The van der Waals surface area contributed by atoms with E-state index in [1.807, 2.05) is 0 Å². The fourth-order valence-corrected chi connectivity index (χ4v) is 2.64. The van der Waals surface area contributed by atoms with Crippen molar-refractivity contribution >= 4 is 0 Å². The topological polar surface area (TPSA) is 77.6 Å². The second-order valence-electron chi connectivity index (χ2n) is 6.10. The van der Waals surface area contributed by atoms with Gasteiger partial charge in [-0.05, 0) is 25.7 Å². The minimum atomic E-state index is 0. The maximum atomic E-state index is 7.32. The Kier molecular flexibility index (Phi) is 69.0. The number of unbranched alkanes of at least 4 members (excludes halogenated alkanes) is 4. The van der Waals surface area contributed by atoms with Gasteiger partial charge in [-0.2, -0.15) is 10.5 Å². The molecule has 0 atom stereocenters.